The second-order valence-electron chi connectivity index (χ2n) is 7.98. The Morgan fingerprint density at radius 1 is 0.857 bits per heavy atom. The van der Waals surface area contributed by atoms with E-state index in [0.29, 0.717) is 18.8 Å². The Bertz CT molecular complexity index is 1000. The quantitative estimate of drug-likeness (QED) is 0.559. The Morgan fingerprint density at radius 3 is 2.21 bits per heavy atom. The first-order valence-electron chi connectivity index (χ1n) is 9.16. The third kappa shape index (κ3) is 3.80. The molecule has 0 atom stereocenters. The van der Waals surface area contributed by atoms with Gasteiger partial charge in [-0.05, 0) is 39.5 Å². The van der Waals surface area contributed by atoms with Gasteiger partial charge in [0.25, 0.3) is 0 Å². The van der Waals surface area contributed by atoms with E-state index in [1.165, 1.54) is 12.1 Å². The van der Waals surface area contributed by atoms with Gasteiger partial charge in [0.05, 0.1) is 5.56 Å². The maximum atomic E-state index is 13.3. The van der Waals surface area contributed by atoms with Gasteiger partial charge < -0.3 is 9.31 Å². The number of alkyl halides is 3. The molecule has 0 N–H and O–H groups in total. The molecule has 0 spiro atoms. The van der Waals surface area contributed by atoms with Crippen LogP contribution in [0.2, 0.25) is 0 Å². The lowest BCUT2D eigenvalue weighted by Gasteiger charge is -2.33. The first-order chi connectivity index (χ1) is 13.2. The fourth-order valence-corrected chi connectivity index (χ4v) is 3.45. The van der Waals surface area contributed by atoms with Crippen molar-refractivity contribution in [2.24, 2.45) is 5.41 Å². The van der Waals surface area contributed by atoms with Crippen molar-refractivity contribution in [1.29, 1.82) is 0 Å². The molecular formula is C22H20BF3O2. The summed E-state index contributed by atoms with van der Waals surface area (Å²) in [5.74, 6) is 0. The summed E-state index contributed by atoms with van der Waals surface area (Å²) in [7, 11) is -0.414. The molecule has 28 heavy (non-hydrogen) atoms. The number of hydrogen-bond donors (Lipinski definition) is 0. The van der Waals surface area contributed by atoms with Crippen LogP contribution < -0.4 is 5.46 Å². The number of benzene rings is 3. The molecule has 3 aromatic carbocycles. The lowest BCUT2D eigenvalue weighted by atomic mass is 9.75. The molecule has 0 saturated carbocycles. The number of rotatable bonds is 2. The minimum absolute atomic E-state index is 0.00583. The molecule has 0 bridgehead atoms. The van der Waals surface area contributed by atoms with Gasteiger partial charge in [-0.2, -0.15) is 13.2 Å². The molecule has 1 fully saturated rings. The van der Waals surface area contributed by atoms with Crippen LogP contribution in [0.15, 0.2) is 60.7 Å². The molecule has 144 valence electrons. The average Bonchev–Trinajstić information content (AvgIpc) is 2.66. The van der Waals surface area contributed by atoms with E-state index in [9.17, 15) is 13.2 Å². The predicted octanol–water partition coefficient (Wildman–Crippen LogP) is 5.29. The van der Waals surface area contributed by atoms with E-state index in [0.717, 1.165) is 22.3 Å². The zero-order valence-corrected chi connectivity index (χ0v) is 15.7. The molecule has 0 unspecified atom stereocenters. The molecule has 6 heteroatoms. The highest BCUT2D eigenvalue weighted by molar-refractivity contribution is 6.61. The molecule has 1 aliphatic heterocycles. The van der Waals surface area contributed by atoms with Crippen LogP contribution in [-0.4, -0.2) is 20.3 Å². The minimum Gasteiger partial charge on any atom is -0.407 e. The first kappa shape index (κ1) is 19.0. The summed E-state index contributed by atoms with van der Waals surface area (Å²) in [6.45, 7) is 5.40. The zero-order chi connectivity index (χ0) is 19.9. The Balaban J connectivity index is 1.67. The van der Waals surface area contributed by atoms with Gasteiger partial charge in [-0.15, -0.1) is 0 Å². The lowest BCUT2D eigenvalue weighted by Crippen LogP contribution is -2.47. The highest BCUT2D eigenvalue weighted by Gasteiger charge is 2.34. The molecule has 2 nitrogen and oxygen atoms in total. The zero-order valence-electron chi connectivity index (χ0n) is 15.7. The van der Waals surface area contributed by atoms with Gasteiger partial charge in [-0.25, -0.2) is 0 Å². The van der Waals surface area contributed by atoms with Crippen molar-refractivity contribution in [2.75, 3.05) is 13.2 Å². The van der Waals surface area contributed by atoms with Gasteiger partial charge in [0.2, 0.25) is 0 Å². The maximum absolute atomic E-state index is 13.3. The van der Waals surface area contributed by atoms with E-state index >= 15 is 0 Å². The largest absolute Gasteiger partial charge is 0.493 e. The number of fused-ring (bicyclic) bond motifs is 1. The summed E-state index contributed by atoms with van der Waals surface area (Å²) in [4.78, 5) is 0. The second kappa shape index (κ2) is 6.94. The monoisotopic (exact) mass is 384 g/mol. The lowest BCUT2D eigenvalue weighted by molar-refractivity contribution is -0.137. The summed E-state index contributed by atoms with van der Waals surface area (Å²) in [6, 6.07) is 16.8. The first-order valence-corrected chi connectivity index (χ1v) is 9.16. The van der Waals surface area contributed by atoms with Gasteiger partial charge in [0, 0.05) is 18.6 Å². The third-order valence-electron chi connectivity index (χ3n) is 4.93. The summed E-state index contributed by atoms with van der Waals surface area (Å²) in [6.07, 6.45) is -4.39. The van der Waals surface area contributed by atoms with E-state index in [-0.39, 0.29) is 11.0 Å². The van der Waals surface area contributed by atoms with Gasteiger partial charge in [-0.1, -0.05) is 62.4 Å². The van der Waals surface area contributed by atoms with E-state index in [4.69, 9.17) is 9.31 Å². The fourth-order valence-electron chi connectivity index (χ4n) is 3.45. The normalized spacial score (nSPS) is 17.1. The summed E-state index contributed by atoms with van der Waals surface area (Å²) in [5, 5.41) is 1.80. The van der Waals surface area contributed by atoms with Crippen molar-refractivity contribution in [3.8, 4) is 11.1 Å². The smallest absolute Gasteiger partial charge is 0.407 e. The standard InChI is InChI=1S/C22H20BF3O2/c1-21(2)13-27-23(28-14-21)18-10-9-15-11-17(8-7-16(15)12-18)19-5-3-4-6-20(19)22(24,25)26/h3-12H,13-14H2,1-2H3. The van der Waals surface area contributed by atoms with Crippen LogP contribution in [0.3, 0.4) is 0 Å². The van der Waals surface area contributed by atoms with Crippen LogP contribution in [0.1, 0.15) is 19.4 Å². The molecule has 3 aromatic rings. The topological polar surface area (TPSA) is 18.5 Å². The minimum atomic E-state index is -4.39. The van der Waals surface area contributed by atoms with Crippen molar-refractivity contribution < 1.29 is 22.5 Å². The van der Waals surface area contributed by atoms with Crippen LogP contribution in [-0.2, 0) is 15.5 Å². The van der Waals surface area contributed by atoms with Gasteiger partial charge in [0.15, 0.2) is 0 Å². The van der Waals surface area contributed by atoms with Gasteiger partial charge >= 0.3 is 13.3 Å². The highest BCUT2D eigenvalue weighted by atomic mass is 19.4. The molecule has 1 saturated heterocycles. The molecule has 0 radical (unpaired) electrons. The summed E-state index contributed by atoms with van der Waals surface area (Å²) >= 11 is 0. The van der Waals surface area contributed by atoms with Crippen molar-refractivity contribution in [2.45, 2.75) is 20.0 Å². The third-order valence-corrected chi connectivity index (χ3v) is 4.93. The maximum Gasteiger partial charge on any atom is 0.493 e. The van der Waals surface area contributed by atoms with Crippen molar-refractivity contribution in [1.82, 2.24) is 0 Å². The van der Waals surface area contributed by atoms with E-state index in [1.807, 2.05) is 24.3 Å². The van der Waals surface area contributed by atoms with Crippen LogP contribution in [0.25, 0.3) is 21.9 Å². The van der Waals surface area contributed by atoms with Gasteiger partial charge in [0.1, 0.15) is 0 Å². The number of halogens is 3. The molecule has 0 amide bonds. The van der Waals surface area contributed by atoms with E-state index in [2.05, 4.69) is 13.8 Å². The fraction of sp³-hybridized carbons (Fsp3) is 0.273. The predicted molar refractivity (Wildman–Crippen MR) is 105 cm³/mol. The van der Waals surface area contributed by atoms with Crippen LogP contribution in [0.4, 0.5) is 13.2 Å². The Morgan fingerprint density at radius 2 is 1.50 bits per heavy atom. The van der Waals surface area contributed by atoms with Crippen LogP contribution in [0.5, 0.6) is 0 Å². The highest BCUT2D eigenvalue weighted by Crippen LogP contribution is 2.37. The van der Waals surface area contributed by atoms with E-state index < -0.39 is 18.9 Å². The van der Waals surface area contributed by atoms with Crippen molar-refractivity contribution in [3.05, 3.63) is 66.2 Å². The van der Waals surface area contributed by atoms with Gasteiger partial charge in [-0.3, -0.25) is 0 Å². The Kier molecular flexibility index (Phi) is 4.72. The van der Waals surface area contributed by atoms with Crippen LogP contribution in [0, 0.1) is 5.41 Å². The Hall–Kier alpha value is -2.31. The second-order valence-corrected chi connectivity index (χ2v) is 7.98. The molecule has 1 aliphatic rings. The van der Waals surface area contributed by atoms with Crippen molar-refractivity contribution in [3.63, 3.8) is 0 Å². The number of hydrogen-bond acceptors (Lipinski definition) is 2. The van der Waals surface area contributed by atoms with Crippen molar-refractivity contribution >= 4 is 23.4 Å². The SMILES string of the molecule is CC1(C)COB(c2ccc3cc(-c4ccccc4C(F)(F)F)ccc3c2)OC1. The molecule has 1 heterocycles. The summed E-state index contributed by atoms with van der Waals surface area (Å²) in [5.41, 5.74) is 1.000. The molecule has 4 rings (SSSR count). The molecule has 0 aromatic heterocycles. The summed E-state index contributed by atoms with van der Waals surface area (Å²) < 4.78 is 51.7. The molecule has 0 aliphatic carbocycles. The van der Waals surface area contributed by atoms with Crippen LogP contribution >= 0.6 is 0 Å². The molecular weight excluding hydrogens is 364 g/mol. The van der Waals surface area contributed by atoms with E-state index in [1.54, 1.807) is 18.2 Å². The average molecular weight is 384 g/mol. The Labute approximate surface area is 162 Å².